The summed E-state index contributed by atoms with van der Waals surface area (Å²) in [5.41, 5.74) is 0.745. The fraction of sp³-hybridized carbons (Fsp3) is 0.333. The Morgan fingerprint density at radius 2 is 2.17 bits per heavy atom. The average Bonchev–Trinajstić information content (AvgIpc) is 2.09. The zero-order valence-electron chi connectivity index (χ0n) is 7.08. The summed E-state index contributed by atoms with van der Waals surface area (Å²) < 4.78 is 4.86. The number of phenolic OH excluding ortho intramolecular Hbond substituents is 1. The van der Waals surface area contributed by atoms with Crippen molar-refractivity contribution in [3.05, 3.63) is 24.3 Å². The van der Waals surface area contributed by atoms with Crippen molar-refractivity contribution in [1.82, 2.24) is 0 Å². The molecule has 0 aromatic heterocycles. The van der Waals surface area contributed by atoms with Crippen LogP contribution in [0.25, 0.3) is 0 Å². The topological polar surface area (TPSA) is 41.5 Å². The lowest BCUT2D eigenvalue weighted by Crippen LogP contribution is -2.07. The molecule has 2 N–H and O–H groups in total. The van der Waals surface area contributed by atoms with Crippen LogP contribution in [0.15, 0.2) is 24.3 Å². The molecule has 0 bridgehead atoms. The third-order valence-corrected chi connectivity index (χ3v) is 1.53. The third kappa shape index (κ3) is 2.43. The fourth-order valence-corrected chi connectivity index (χ4v) is 0.911. The summed E-state index contributed by atoms with van der Waals surface area (Å²) in [5.74, 6) is 0.272. The number of ether oxygens (including phenoxy) is 1. The molecule has 3 heteroatoms. The van der Waals surface area contributed by atoms with E-state index < -0.39 is 0 Å². The molecule has 12 heavy (non-hydrogen) atoms. The Balaban J connectivity index is 2.46. The SMILES string of the molecule is COCCNc1ccccc1O. The van der Waals surface area contributed by atoms with Crippen LogP contribution in [0, 0.1) is 0 Å². The minimum Gasteiger partial charge on any atom is -0.506 e. The van der Waals surface area contributed by atoms with E-state index in [2.05, 4.69) is 5.32 Å². The summed E-state index contributed by atoms with van der Waals surface area (Å²) in [4.78, 5) is 0. The van der Waals surface area contributed by atoms with E-state index >= 15 is 0 Å². The number of hydrogen-bond donors (Lipinski definition) is 2. The first kappa shape index (κ1) is 8.87. The molecule has 1 aromatic rings. The standard InChI is InChI=1S/C9H13NO2/c1-12-7-6-10-8-4-2-3-5-9(8)11/h2-5,10-11H,6-7H2,1H3. The largest absolute Gasteiger partial charge is 0.506 e. The van der Waals surface area contributed by atoms with Gasteiger partial charge in [-0.2, -0.15) is 0 Å². The number of phenols is 1. The van der Waals surface area contributed by atoms with E-state index in [1.807, 2.05) is 12.1 Å². The molecule has 0 saturated heterocycles. The number of rotatable bonds is 4. The van der Waals surface area contributed by atoms with Crippen molar-refractivity contribution < 1.29 is 9.84 Å². The summed E-state index contributed by atoms with van der Waals surface area (Å²) in [6.07, 6.45) is 0. The minimum atomic E-state index is 0.272. The maximum atomic E-state index is 9.31. The van der Waals surface area contributed by atoms with Gasteiger partial charge < -0.3 is 15.2 Å². The van der Waals surface area contributed by atoms with Crippen molar-refractivity contribution in [2.75, 3.05) is 25.6 Å². The summed E-state index contributed by atoms with van der Waals surface area (Å²) in [6.45, 7) is 1.34. The Morgan fingerprint density at radius 3 is 2.83 bits per heavy atom. The van der Waals surface area contributed by atoms with Gasteiger partial charge in [0.2, 0.25) is 0 Å². The first-order valence-electron chi connectivity index (χ1n) is 3.85. The Bertz CT molecular complexity index is 238. The third-order valence-electron chi connectivity index (χ3n) is 1.53. The highest BCUT2D eigenvalue weighted by molar-refractivity contribution is 5.55. The van der Waals surface area contributed by atoms with Gasteiger partial charge in [0, 0.05) is 13.7 Å². The molecule has 1 rings (SSSR count). The molecule has 0 fully saturated rings. The van der Waals surface area contributed by atoms with Crippen molar-refractivity contribution in [3.8, 4) is 5.75 Å². The second-order valence-electron chi connectivity index (χ2n) is 2.44. The first-order valence-corrected chi connectivity index (χ1v) is 3.85. The molecule has 0 saturated carbocycles. The van der Waals surface area contributed by atoms with Crippen LogP contribution in [-0.2, 0) is 4.74 Å². The van der Waals surface area contributed by atoms with Crippen LogP contribution >= 0.6 is 0 Å². The van der Waals surface area contributed by atoms with Crippen LogP contribution in [0.2, 0.25) is 0 Å². The van der Waals surface area contributed by atoms with Gasteiger partial charge in [-0.1, -0.05) is 12.1 Å². The quantitative estimate of drug-likeness (QED) is 0.526. The predicted molar refractivity (Wildman–Crippen MR) is 48.5 cm³/mol. The number of benzene rings is 1. The van der Waals surface area contributed by atoms with Crippen LogP contribution in [0.4, 0.5) is 5.69 Å². The van der Waals surface area contributed by atoms with Crippen molar-refractivity contribution >= 4 is 5.69 Å². The van der Waals surface area contributed by atoms with Gasteiger partial charge in [-0.15, -0.1) is 0 Å². The lowest BCUT2D eigenvalue weighted by atomic mass is 10.3. The van der Waals surface area contributed by atoms with Gasteiger partial charge in [-0.25, -0.2) is 0 Å². The van der Waals surface area contributed by atoms with Crippen LogP contribution < -0.4 is 5.32 Å². The number of methoxy groups -OCH3 is 1. The van der Waals surface area contributed by atoms with Crippen LogP contribution in [0.3, 0.4) is 0 Å². The van der Waals surface area contributed by atoms with Gasteiger partial charge in [0.1, 0.15) is 5.75 Å². The molecule has 0 amide bonds. The molecular weight excluding hydrogens is 154 g/mol. The maximum Gasteiger partial charge on any atom is 0.138 e. The summed E-state index contributed by atoms with van der Waals surface area (Å²) in [7, 11) is 1.65. The van der Waals surface area contributed by atoms with Gasteiger partial charge in [-0.05, 0) is 12.1 Å². The minimum absolute atomic E-state index is 0.272. The number of para-hydroxylation sites is 2. The van der Waals surface area contributed by atoms with E-state index in [4.69, 9.17) is 4.74 Å². The average molecular weight is 167 g/mol. The molecule has 0 radical (unpaired) electrons. The van der Waals surface area contributed by atoms with E-state index in [9.17, 15) is 5.11 Å². The molecule has 1 aromatic carbocycles. The summed E-state index contributed by atoms with van der Waals surface area (Å²) in [6, 6.07) is 7.13. The fourth-order valence-electron chi connectivity index (χ4n) is 0.911. The Morgan fingerprint density at radius 1 is 1.42 bits per heavy atom. The zero-order chi connectivity index (χ0) is 8.81. The highest BCUT2D eigenvalue weighted by atomic mass is 16.5. The van der Waals surface area contributed by atoms with E-state index in [-0.39, 0.29) is 5.75 Å². The molecule has 0 spiro atoms. The van der Waals surface area contributed by atoms with Gasteiger partial charge in [-0.3, -0.25) is 0 Å². The first-order chi connectivity index (χ1) is 5.84. The molecule has 3 nitrogen and oxygen atoms in total. The maximum absolute atomic E-state index is 9.31. The Kier molecular flexibility index (Phi) is 3.41. The second kappa shape index (κ2) is 4.62. The highest BCUT2D eigenvalue weighted by Gasteiger charge is 1.95. The molecule has 66 valence electrons. The van der Waals surface area contributed by atoms with Gasteiger partial charge in [0.15, 0.2) is 0 Å². The molecular formula is C9H13NO2. The molecule has 0 heterocycles. The monoisotopic (exact) mass is 167 g/mol. The number of nitrogens with one attached hydrogen (secondary N) is 1. The molecule has 0 unspecified atom stereocenters. The van der Waals surface area contributed by atoms with E-state index in [0.29, 0.717) is 13.2 Å². The molecule has 0 aliphatic rings. The van der Waals surface area contributed by atoms with Crippen molar-refractivity contribution in [3.63, 3.8) is 0 Å². The molecule has 0 aliphatic carbocycles. The zero-order valence-corrected chi connectivity index (χ0v) is 7.08. The van der Waals surface area contributed by atoms with Gasteiger partial charge in [0.05, 0.1) is 12.3 Å². The predicted octanol–water partition coefficient (Wildman–Crippen LogP) is 1.45. The normalized spacial score (nSPS) is 9.75. The Hall–Kier alpha value is -1.22. The number of hydrogen-bond acceptors (Lipinski definition) is 3. The van der Waals surface area contributed by atoms with Crippen LogP contribution in [-0.4, -0.2) is 25.4 Å². The van der Waals surface area contributed by atoms with E-state index in [1.165, 1.54) is 0 Å². The van der Waals surface area contributed by atoms with E-state index in [0.717, 1.165) is 5.69 Å². The van der Waals surface area contributed by atoms with E-state index in [1.54, 1.807) is 19.2 Å². The van der Waals surface area contributed by atoms with Crippen LogP contribution in [0.1, 0.15) is 0 Å². The van der Waals surface area contributed by atoms with Gasteiger partial charge >= 0.3 is 0 Å². The van der Waals surface area contributed by atoms with Crippen molar-refractivity contribution in [2.24, 2.45) is 0 Å². The number of anilines is 1. The van der Waals surface area contributed by atoms with Crippen LogP contribution in [0.5, 0.6) is 5.75 Å². The van der Waals surface area contributed by atoms with Crippen molar-refractivity contribution in [2.45, 2.75) is 0 Å². The molecule has 0 aliphatic heterocycles. The lowest BCUT2D eigenvalue weighted by Gasteiger charge is -2.06. The smallest absolute Gasteiger partial charge is 0.138 e. The molecule has 0 atom stereocenters. The summed E-state index contributed by atoms with van der Waals surface area (Å²) >= 11 is 0. The Labute approximate surface area is 72.0 Å². The highest BCUT2D eigenvalue weighted by Crippen LogP contribution is 2.20. The second-order valence-corrected chi connectivity index (χ2v) is 2.44. The van der Waals surface area contributed by atoms with Gasteiger partial charge in [0.25, 0.3) is 0 Å². The van der Waals surface area contributed by atoms with Crippen molar-refractivity contribution in [1.29, 1.82) is 0 Å². The lowest BCUT2D eigenvalue weighted by molar-refractivity contribution is 0.210. The summed E-state index contributed by atoms with van der Waals surface area (Å²) in [5, 5.41) is 12.3. The number of aromatic hydroxyl groups is 1.